The van der Waals surface area contributed by atoms with Crippen molar-refractivity contribution in [3.05, 3.63) is 65.9 Å². The number of alkyl halides is 1. The minimum absolute atomic E-state index is 0.0258. The molecule has 7 nitrogen and oxygen atoms in total. The van der Waals surface area contributed by atoms with E-state index in [-0.39, 0.29) is 41.0 Å². The van der Waals surface area contributed by atoms with Crippen LogP contribution in [0.1, 0.15) is 44.1 Å². The van der Waals surface area contributed by atoms with Crippen LogP contribution in [-0.2, 0) is 0 Å². The Balaban J connectivity index is 1.24. The van der Waals surface area contributed by atoms with E-state index in [1.54, 1.807) is 24.4 Å². The smallest absolute Gasteiger partial charge is 0.319 e. The third-order valence-corrected chi connectivity index (χ3v) is 10.4. The van der Waals surface area contributed by atoms with E-state index in [4.69, 9.17) is 16.1 Å². The summed E-state index contributed by atoms with van der Waals surface area (Å²) in [5.74, 6) is 1.82. The van der Waals surface area contributed by atoms with Crippen molar-refractivity contribution in [3.63, 3.8) is 0 Å². The quantitative estimate of drug-likeness (QED) is 0.202. The van der Waals surface area contributed by atoms with E-state index in [2.05, 4.69) is 37.6 Å². The van der Waals surface area contributed by atoms with Crippen LogP contribution in [0.3, 0.4) is 0 Å². The summed E-state index contributed by atoms with van der Waals surface area (Å²) in [6.07, 6.45) is 12.5. The van der Waals surface area contributed by atoms with E-state index in [0.29, 0.717) is 52.7 Å². The standard InChI is InChI=1S/C36H35F3N6O/c1-3-26-29(38)10-7-22-5-4-6-27(30(22)26)32-31(39)33-28(16-40-32)34(44-18-23-8-9-24(19-44)41-23)43-35(42-33)46-20-36-13-11-25(12-14-37)45(36)17-21(2)15-36/h1,4-7,10,16,23-25,41H,2,8-9,11-15,17-20H2/t23-,24+,25-,36-/m0/s1. The van der Waals surface area contributed by atoms with Crippen molar-refractivity contribution < 1.29 is 17.9 Å². The van der Waals surface area contributed by atoms with Gasteiger partial charge in [-0.15, -0.1) is 6.42 Å². The van der Waals surface area contributed by atoms with Gasteiger partial charge in [-0.2, -0.15) is 9.97 Å². The van der Waals surface area contributed by atoms with Gasteiger partial charge in [-0.1, -0.05) is 42.3 Å². The Bertz CT molecular complexity index is 1910. The number of halogens is 3. The van der Waals surface area contributed by atoms with Crippen molar-refractivity contribution in [2.24, 2.45) is 0 Å². The van der Waals surface area contributed by atoms with Gasteiger partial charge in [0.25, 0.3) is 0 Å². The van der Waals surface area contributed by atoms with Gasteiger partial charge in [0.05, 0.1) is 23.2 Å². The maximum absolute atomic E-state index is 16.8. The summed E-state index contributed by atoms with van der Waals surface area (Å²) in [6.45, 7) is 6.32. The summed E-state index contributed by atoms with van der Waals surface area (Å²) in [5, 5.41) is 5.22. The molecule has 0 unspecified atom stereocenters. The van der Waals surface area contributed by atoms with Crippen LogP contribution in [0.2, 0.25) is 0 Å². The average molecular weight is 625 g/mol. The van der Waals surface area contributed by atoms with Gasteiger partial charge in [0.2, 0.25) is 0 Å². The van der Waals surface area contributed by atoms with Crippen LogP contribution in [-0.4, -0.2) is 76.4 Å². The number of piperazine rings is 1. The molecular weight excluding hydrogens is 589 g/mol. The van der Waals surface area contributed by atoms with E-state index >= 15 is 4.39 Å². The number of fused-ring (bicyclic) bond motifs is 5. The summed E-state index contributed by atoms with van der Waals surface area (Å²) in [6, 6.07) is 9.09. The molecule has 6 heterocycles. The SMILES string of the molecule is C#Cc1c(F)ccc2cccc(-c3ncc4c(N5C[C@H]6CC[C@@H](C5)N6)nc(OC[C@@]56CC[C@@H](CCF)N5CC(=C)C6)nc4c3F)c12. The van der Waals surface area contributed by atoms with E-state index in [1.807, 2.05) is 6.07 Å². The highest BCUT2D eigenvalue weighted by molar-refractivity contribution is 6.02. The molecule has 0 spiro atoms. The number of nitrogens with zero attached hydrogens (tertiary/aromatic N) is 5. The molecule has 2 bridgehead atoms. The summed E-state index contributed by atoms with van der Waals surface area (Å²) < 4.78 is 51.4. The van der Waals surface area contributed by atoms with Crippen LogP contribution >= 0.6 is 0 Å². The third kappa shape index (κ3) is 4.71. The highest BCUT2D eigenvalue weighted by Gasteiger charge is 2.51. The second-order valence-corrected chi connectivity index (χ2v) is 13.3. The molecule has 4 aliphatic heterocycles. The summed E-state index contributed by atoms with van der Waals surface area (Å²) in [5.41, 5.74) is 1.34. The lowest BCUT2D eigenvalue weighted by Gasteiger charge is -2.35. The number of anilines is 1. The predicted octanol–water partition coefficient (Wildman–Crippen LogP) is 5.95. The lowest BCUT2D eigenvalue weighted by molar-refractivity contribution is 0.0803. The van der Waals surface area contributed by atoms with Gasteiger partial charge in [0, 0.05) is 54.9 Å². The van der Waals surface area contributed by atoms with Crippen LogP contribution in [0.25, 0.3) is 32.9 Å². The number of hydrogen-bond acceptors (Lipinski definition) is 7. The van der Waals surface area contributed by atoms with Gasteiger partial charge in [-0.3, -0.25) is 14.3 Å². The highest BCUT2D eigenvalue weighted by Crippen LogP contribution is 2.45. The molecule has 0 aliphatic carbocycles. The molecule has 1 N–H and O–H groups in total. The van der Waals surface area contributed by atoms with Gasteiger partial charge in [-0.05, 0) is 50.0 Å². The van der Waals surface area contributed by atoms with Gasteiger partial charge in [-0.25, -0.2) is 8.78 Å². The summed E-state index contributed by atoms with van der Waals surface area (Å²) in [4.78, 5) is 18.6. The molecule has 0 saturated carbocycles. The number of ether oxygens (including phenoxy) is 1. The zero-order chi connectivity index (χ0) is 31.6. The molecule has 10 heteroatoms. The second kappa shape index (κ2) is 11.2. The fourth-order valence-corrected chi connectivity index (χ4v) is 8.38. The van der Waals surface area contributed by atoms with Crippen LogP contribution in [0.5, 0.6) is 6.01 Å². The number of nitrogens with one attached hydrogen (secondary N) is 1. The number of terminal acetylenes is 1. The Morgan fingerprint density at radius 1 is 1.11 bits per heavy atom. The Hall–Kier alpha value is -4.20. The van der Waals surface area contributed by atoms with E-state index in [1.165, 1.54) is 6.07 Å². The fraction of sp³-hybridized carbons (Fsp3) is 0.417. The summed E-state index contributed by atoms with van der Waals surface area (Å²) >= 11 is 0. The van der Waals surface area contributed by atoms with Crippen molar-refractivity contribution in [1.29, 1.82) is 0 Å². The van der Waals surface area contributed by atoms with E-state index in [0.717, 1.165) is 57.3 Å². The number of rotatable bonds is 7. The third-order valence-electron chi connectivity index (χ3n) is 10.4. The fourth-order valence-electron chi connectivity index (χ4n) is 8.38. The first-order valence-corrected chi connectivity index (χ1v) is 16.0. The Kier molecular flexibility index (Phi) is 7.14. The highest BCUT2D eigenvalue weighted by atomic mass is 19.1. The molecule has 2 aromatic heterocycles. The topological polar surface area (TPSA) is 66.4 Å². The first-order chi connectivity index (χ1) is 22.4. The zero-order valence-electron chi connectivity index (χ0n) is 25.5. The van der Waals surface area contributed by atoms with E-state index < -0.39 is 11.6 Å². The van der Waals surface area contributed by atoms with Crippen LogP contribution in [0, 0.1) is 24.0 Å². The first kappa shape index (κ1) is 29.2. The van der Waals surface area contributed by atoms with Crippen LogP contribution in [0.4, 0.5) is 19.0 Å². The van der Waals surface area contributed by atoms with Crippen molar-refractivity contribution in [2.45, 2.75) is 62.2 Å². The number of pyridine rings is 1. The molecule has 2 aromatic carbocycles. The van der Waals surface area contributed by atoms with Crippen molar-refractivity contribution in [1.82, 2.24) is 25.2 Å². The molecule has 0 amide bonds. The number of benzene rings is 2. The minimum atomic E-state index is -0.651. The number of hydrogen-bond donors (Lipinski definition) is 1. The molecule has 0 radical (unpaired) electrons. The minimum Gasteiger partial charge on any atom is -0.461 e. The molecule has 4 aliphatic rings. The Labute approximate surface area is 265 Å². The molecule has 4 saturated heterocycles. The summed E-state index contributed by atoms with van der Waals surface area (Å²) in [7, 11) is 0. The lowest BCUT2D eigenvalue weighted by Crippen LogP contribution is -2.51. The Morgan fingerprint density at radius 3 is 2.72 bits per heavy atom. The van der Waals surface area contributed by atoms with Gasteiger partial charge in [0.15, 0.2) is 5.82 Å². The molecule has 8 rings (SSSR count). The van der Waals surface area contributed by atoms with Gasteiger partial charge < -0.3 is 15.0 Å². The first-order valence-electron chi connectivity index (χ1n) is 16.0. The monoisotopic (exact) mass is 624 g/mol. The van der Waals surface area contributed by atoms with Crippen molar-refractivity contribution in [2.75, 3.05) is 37.8 Å². The molecular formula is C36H35F3N6O. The zero-order valence-corrected chi connectivity index (χ0v) is 25.5. The normalized spacial score (nSPS) is 25.8. The van der Waals surface area contributed by atoms with Gasteiger partial charge in [0.1, 0.15) is 29.5 Å². The second-order valence-electron chi connectivity index (χ2n) is 13.3. The Morgan fingerprint density at radius 2 is 1.93 bits per heavy atom. The lowest BCUT2D eigenvalue weighted by atomic mass is 9.94. The molecule has 4 atom stereocenters. The van der Waals surface area contributed by atoms with Crippen LogP contribution in [0.15, 0.2) is 48.7 Å². The van der Waals surface area contributed by atoms with Crippen molar-refractivity contribution >= 4 is 27.5 Å². The molecule has 4 fully saturated rings. The van der Waals surface area contributed by atoms with Gasteiger partial charge >= 0.3 is 6.01 Å². The van der Waals surface area contributed by atoms with E-state index in [9.17, 15) is 8.78 Å². The maximum Gasteiger partial charge on any atom is 0.319 e. The predicted molar refractivity (Wildman–Crippen MR) is 173 cm³/mol. The van der Waals surface area contributed by atoms with Crippen LogP contribution < -0.4 is 15.0 Å². The largest absolute Gasteiger partial charge is 0.461 e. The van der Waals surface area contributed by atoms with Crippen molar-refractivity contribution in [3.8, 4) is 29.6 Å². The molecule has 46 heavy (non-hydrogen) atoms. The maximum atomic E-state index is 16.8. The molecule has 236 valence electrons. The molecule has 4 aromatic rings. The number of aromatic nitrogens is 3. The average Bonchev–Trinajstić information content (AvgIpc) is 3.69.